The van der Waals surface area contributed by atoms with E-state index in [-0.39, 0.29) is 37.0 Å². The van der Waals surface area contributed by atoms with Gasteiger partial charge in [-0.1, -0.05) is 13.8 Å². The average Bonchev–Trinajstić information content (AvgIpc) is 2.70. The number of aliphatic hydroxyl groups excluding tert-OH is 1. The maximum absolute atomic E-state index is 12.6. The Balaban J connectivity index is 5.27. The minimum Gasteiger partial charge on any atom is -0.480 e. The van der Waals surface area contributed by atoms with Crippen LogP contribution in [-0.2, 0) is 19.2 Å². The highest BCUT2D eigenvalue weighted by Crippen LogP contribution is 2.04. The first-order valence-corrected chi connectivity index (χ1v) is 10.7. The van der Waals surface area contributed by atoms with Crippen molar-refractivity contribution in [1.29, 1.82) is 0 Å². The summed E-state index contributed by atoms with van der Waals surface area (Å²) in [4.78, 5) is 52.3. The summed E-state index contributed by atoms with van der Waals surface area (Å²) >= 11 is 3.88. The molecule has 0 radical (unpaired) electrons. The Morgan fingerprint density at radius 3 is 1.97 bits per heavy atom. The number of carbonyl (C=O) groups excluding carboxylic acids is 3. The molecular formula is C18H35N7O6S. The van der Waals surface area contributed by atoms with Crippen LogP contribution >= 0.6 is 12.6 Å². The summed E-state index contributed by atoms with van der Waals surface area (Å²) in [6.07, 6.45) is 0.720. The molecule has 0 spiro atoms. The monoisotopic (exact) mass is 477 g/mol. The Kier molecular flexibility index (Phi) is 14.0. The van der Waals surface area contributed by atoms with Gasteiger partial charge in [0.15, 0.2) is 5.96 Å². The molecule has 0 aromatic rings. The van der Waals surface area contributed by atoms with Crippen molar-refractivity contribution in [3.63, 3.8) is 0 Å². The summed E-state index contributed by atoms with van der Waals surface area (Å²) in [5.74, 6) is -3.69. The van der Waals surface area contributed by atoms with Gasteiger partial charge in [-0.3, -0.25) is 19.4 Å². The molecule has 14 heteroatoms. The number of aliphatic carboxylic acids is 1. The lowest BCUT2D eigenvalue weighted by molar-refractivity contribution is -0.141. The van der Waals surface area contributed by atoms with E-state index in [0.29, 0.717) is 6.42 Å². The predicted molar refractivity (Wildman–Crippen MR) is 122 cm³/mol. The van der Waals surface area contributed by atoms with E-state index in [0.717, 1.165) is 0 Å². The second-order valence-corrected chi connectivity index (χ2v) is 7.94. The van der Waals surface area contributed by atoms with Crippen LogP contribution in [0.4, 0.5) is 0 Å². The first kappa shape index (κ1) is 29.4. The molecule has 0 aromatic carbocycles. The van der Waals surface area contributed by atoms with Crippen molar-refractivity contribution >= 4 is 42.3 Å². The number of hydrogen-bond acceptors (Lipinski definition) is 8. The summed E-state index contributed by atoms with van der Waals surface area (Å²) in [6, 6.07) is -4.67. The highest BCUT2D eigenvalue weighted by atomic mass is 32.1. The molecule has 4 atom stereocenters. The number of hydrogen-bond donors (Lipinski definition) is 9. The van der Waals surface area contributed by atoms with Crippen molar-refractivity contribution in [2.45, 2.75) is 57.3 Å². The van der Waals surface area contributed by atoms with Crippen molar-refractivity contribution in [3.8, 4) is 0 Å². The standard InChI is InChI=1S/C18H35N7O6S/c1-9(2)6-10(19)14(27)24-12(7-26)16(29)23-11(4-3-5-22-18(20)21)15(28)25-13(8-32)17(30)31/h9-13,26,32H,3-8,19H2,1-2H3,(H,23,29)(H,24,27)(H,25,28)(H,30,31)(H4,20,21,22). The topological polar surface area (TPSA) is 235 Å². The Morgan fingerprint density at radius 2 is 1.50 bits per heavy atom. The molecule has 184 valence electrons. The van der Waals surface area contributed by atoms with Crippen LogP contribution in [0.15, 0.2) is 4.99 Å². The van der Waals surface area contributed by atoms with Crippen molar-refractivity contribution in [3.05, 3.63) is 0 Å². The fourth-order valence-electron chi connectivity index (χ4n) is 2.59. The van der Waals surface area contributed by atoms with Crippen LogP contribution in [0.3, 0.4) is 0 Å². The third kappa shape index (κ3) is 11.7. The maximum atomic E-state index is 12.6. The van der Waals surface area contributed by atoms with Crippen molar-refractivity contribution in [2.24, 2.45) is 28.1 Å². The molecule has 0 heterocycles. The molecule has 0 aliphatic carbocycles. The highest BCUT2D eigenvalue weighted by molar-refractivity contribution is 7.80. The molecule has 0 aliphatic rings. The highest BCUT2D eigenvalue weighted by Gasteiger charge is 2.29. The van der Waals surface area contributed by atoms with Crippen LogP contribution in [0.25, 0.3) is 0 Å². The molecule has 0 saturated heterocycles. The lowest BCUT2D eigenvalue weighted by Crippen LogP contribution is -2.58. The largest absolute Gasteiger partial charge is 0.480 e. The second kappa shape index (κ2) is 15.3. The molecular weight excluding hydrogens is 442 g/mol. The van der Waals surface area contributed by atoms with Gasteiger partial charge in [-0.25, -0.2) is 4.79 Å². The van der Waals surface area contributed by atoms with Gasteiger partial charge >= 0.3 is 5.97 Å². The van der Waals surface area contributed by atoms with E-state index in [2.05, 4.69) is 33.6 Å². The van der Waals surface area contributed by atoms with Gasteiger partial charge < -0.3 is 43.4 Å². The van der Waals surface area contributed by atoms with Crippen LogP contribution in [0.5, 0.6) is 0 Å². The van der Waals surface area contributed by atoms with Gasteiger partial charge in [0.1, 0.15) is 18.1 Å². The fourth-order valence-corrected chi connectivity index (χ4v) is 2.84. The van der Waals surface area contributed by atoms with E-state index >= 15 is 0 Å². The molecule has 0 aromatic heterocycles. The Morgan fingerprint density at radius 1 is 0.969 bits per heavy atom. The van der Waals surface area contributed by atoms with Crippen LogP contribution in [0.1, 0.15) is 33.1 Å². The number of nitrogens with zero attached hydrogens (tertiary/aromatic N) is 1. The zero-order valence-corrected chi connectivity index (χ0v) is 19.2. The quantitative estimate of drug-likeness (QED) is 0.0501. The average molecular weight is 478 g/mol. The molecule has 0 bridgehead atoms. The van der Waals surface area contributed by atoms with E-state index in [4.69, 9.17) is 22.3 Å². The molecule has 32 heavy (non-hydrogen) atoms. The van der Waals surface area contributed by atoms with Gasteiger partial charge in [0.25, 0.3) is 0 Å². The van der Waals surface area contributed by atoms with E-state index in [9.17, 15) is 24.3 Å². The van der Waals surface area contributed by atoms with E-state index in [1.807, 2.05) is 13.8 Å². The van der Waals surface area contributed by atoms with Crippen LogP contribution in [0, 0.1) is 5.92 Å². The second-order valence-electron chi connectivity index (χ2n) is 7.57. The van der Waals surface area contributed by atoms with Gasteiger partial charge in [-0.15, -0.1) is 0 Å². The van der Waals surface area contributed by atoms with Crippen molar-refractivity contribution in [2.75, 3.05) is 18.9 Å². The number of aliphatic hydroxyl groups is 1. The Labute approximate surface area is 192 Å². The van der Waals surface area contributed by atoms with E-state index in [1.54, 1.807) is 0 Å². The predicted octanol–water partition coefficient (Wildman–Crippen LogP) is -3.13. The number of guanidine groups is 1. The first-order chi connectivity index (χ1) is 14.9. The van der Waals surface area contributed by atoms with E-state index in [1.165, 1.54) is 0 Å². The number of carbonyl (C=O) groups is 4. The van der Waals surface area contributed by atoms with Crippen LogP contribution in [-0.4, -0.2) is 82.9 Å². The van der Waals surface area contributed by atoms with Crippen LogP contribution in [0.2, 0.25) is 0 Å². The normalized spacial score (nSPS) is 14.6. The number of nitrogens with two attached hydrogens (primary N) is 3. The fraction of sp³-hybridized carbons (Fsp3) is 0.722. The molecule has 0 fully saturated rings. The summed E-state index contributed by atoms with van der Waals surface area (Å²) in [6.45, 7) is 3.19. The number of rotatable bonds is 15. The van der Waals surface area contributed by atoms with Gasteiger partial charge in [0.2, 0.25) is 17.7 Å². The summed E-state index contributed by atoms with van der Waals surface area (Å²) in [7, 11) is 0. The number of thiol groups is 1. The van der Waals surface area contributed by atoms with Crippen LogP contribution < -0.4 is 33.2 Å². The maximum Gasteiger partial charge on any atom is 0.327 e. The van der Waals surface area contributed by atoms with Gasteiger partial charge in [0.05, 0.1) is 12.6 Å². The number of carboxylic acid groups (broad SMARTS) is 1. The summed E-state index contributed by atoms with van der Waals surface area (Å²) in [5, 5.41) is 25.7. The lowest BCUT2D eigenvalue weighted by Gasteiger charge is -2.24. The molecule has 0 saturated carbocycles. The molecule has 4 unspecified atom stereocenters. The number of aliphatic imine (C=N–C) groups is 1. The van der Waals surface area contributed by atoms with Gasteiger partial charge in [-0.2, -0.15) is 12.6 Å². The van der Waals surface area contributed by atoms with Gasteiger partial charge in [-0.05, 0) is 25.2 Å². The molecule has 3 amide bonds. The minimum atomic E-state index is -1.35. The number of amides is 3. The third-order valence-corrected chi connectivity index (χ3v) is 4.62. The van der Waals surface area contributed by atoms with Crippen molar-refractivity contribution < 1.29 is 29.4 Å². The molecule has 0 rings (SSSR count). The number of nitrogens with one attached hydrogen (secondary N) is 3. The molecule has 11 N–H and O–H groups in total. The smallest absolute Gasteiger partial charge is 0.327 e. The molecule has 13 nitrogen and oxygen atoms in total. The van der Waals surface area contributed by atoms with E-state index < -0.39 is 54.5 Å². The first-order valence-electron chi connectivity index (χ1n) is 10.1. The summed E-state index contributed by atoms with van der Waals surface area (Å²) < 4.78 is 0. The third-order valence-electron chi connectivity index (χ3n) is 4.25. The number of carboxylic acids is 1. The zero-order chi connectivity index (χ0) is 24.8. The van der Waals surface area contributed by atoms with Crippen molar-refractivity contribution in [1.82, 2.24) is 16.0 Å². The van der Waals surface area contributed by atoms with Gasteiger partial charge in [0, 0.05) is 12.3 Å². The Hall–Kier alpha value is -2.58. The molecule has 0 aliphatic heterocycles. The Bertz CT molecular complexity index is 672. The SMILES string of the molecule is CC(C)CC(N)C(=O)NC(CO)C(=O)NC(CCCN=C(N)N)C(=O)NC(CS)C(=O)O. The zero-order valence-electron chi connectivity index (χ0n) is 18.3. The summed E-state index contributed by atoms with van der Waals surface area (Å²) in [5.41, 5.74) is 16.3. The minimum absolute atomic E-state index is 0.0617. The lowest BCUT2D eigenvalue weighted by atomic mass is 10.0.